The molecule has 100 valence electrons. The van der Waals surface area contributed by atoms with Crippen LogP contribution in [0.5, 0.6) is 0 Å². The second-order valence-electron chi connectivity index (χ2n) is 4.66. The van der Waals surface area contributed by atoms with Crippen molar-refractivity contribution in [3.8, 4) is 10.7 Å². The van der Waals surface area contributed by atoms with Gasteiger partial charge in [0.05, 0.1) is 10.4 Å². The summed E-state index contributed by atoms with van der Waals surface area (Å²) in [5.74, 6) is 1.22. The Labute approximate surface area is 119 Å². The van der Waals surface area contributed by atoms with Crippen molar-refractivity contribution < 1.29 is 4.52 Å². The monoisotopic (exact) mass is 284 g/mol. The SMILES string of the molecule is c1ccc2c(c1)CCNC2c1nc(-c2cncs2)no1. The Morgan fingerprint density at radius 1 is 1.30 bits per heavy atom. The molecular weight excluding hydrogens is 272 g/mol. The molecule has 0 radical (unpaired) electrons. The molecule has 1 aliphatic rings. The van der Waals surface area contributed by atoms with Crippen LogP contribution in [0.3, 0.4) is 0 Å². The van der Waals surface area contributed by atoms with Crippen LogP contribution in [0.4, 0.5) is 0 Å². The third-order valence-corrected chi connectivity index (χ3v) is 4.22. The fourth-order valence-electron chi connectivity index (χ4n) is 2.50. The molecule has 5 nitrogen and oxygen atoms in total. The Morgan fingerprint density at radius 3 is 3.15 bits per heavy atom. The molecule has 4 rings (SSSR count). The molecule has 2 aromatic heterocycles. The van der Waals surface area contributed by atoms with Crippen molar-refractivity contribution in [2.45, 2.75) is 12.5 Å². The summed E-state index contributed by atoms with van der Waals surface area (Å²) in [5.41, 5.74) is 4.33. The molecule has 1 N–H and O–H groups in total. The second-order valence-corrected chi connectivity index (χ2v) is 5.54. The Morgan fingerprint density at radius 2 is 2.25 bits per heavy atom. The maximum absolute atomic E-state index is 5.44. The summed E-state index contributed by atoms with van der Waals surface area (Å²) in [6, 6.07) is 8.36. The van der Waals surface area contributed by atoms with E-state index in [1.54, 1.807) is 11.7 Å². The molecule has 3 heterocycles. The van der Waals surface area contributed by atoms with E-state index in [0.29, 0.717) is 11.7 Å². The predicted molar refractivity (Wildman–Crippen MR) is 75.4 cm³/mol. The van der Waals surface area contributed by atoms with Gasteiger partial charge in [-0.15, -0.1) is 11.3 Å². The van der Waals surface area contributed by atoms with Gasteiger partial charge in [-0.25, -0.2) is 0 Å². The van der Waals surface area contributed by atoms with Gasteiger partial charge in [-0.05, 0) is 17.5 Å². The van der Waals surface area contributed by atoms with Gasteiger partial charge >= 0.3 is 0 Å². The Kier molecular flexibility index (Phi) is 2.82. The maximum atomic E-state index is 5.44. The standard InChI is InChI=1S/C14H12N4OS/c1-2-4-10-9(3-1)5-6-16-12(10)14-17-13(18-19-14)11-7-15-8-20-11/h1-4,7-8,12,16H,5-6H2. The van der Waals surface area contributed by atoms with Crippen molar-refractivity contribution in [3.63, 3.8) is 0 Å². The molecular formula is C14H12N4OS. The fraction of sp³-hybridized carbons (Fsp3) is 0.214. The van der Waals surface area contributed by atoms with Gasteiger partial charge in [-0.1, -0.05) is 29.4 Å². The van der Waals surface area contributed by atoms with Crippen molar-refractivity contribution in [2.75, 3.05) is 6.54 Å². The van der Waals surface area contributed by atoms with E-state index in [4.69, 9.17) is 4.52 Å². The Balaban J connectivity index is 1.72. The molecule has 6 heteroatoms. The van der Waals surface area contributed by atoms with Crippen molar-refractivity contribution in [1.29, 1.82) is 0 Å². The van der Waals surface area contributed by atoms with Gasteiger partial charge in [0, 0.05) is 12.7 Å². The van der Waals surface area contributed by atoms with Gasteiger partial charge in [0.1, 0.15) is 6.04 Å². The number of fused-ring (bicyclic) bond motifs is 1. The normalized spacial score (nSPS) is 17.9. The minimum Gasteiger partial charge on any atom is -0.337 e. The summed E-state index contributed by atoms with van der Waals surface area (Å²) in [5, 5.41) is 7.49. The highest BCUT2D eigenvalue weighted by Crippen LogP contribution is 2.29. The number of rotatable bonds is 2. The smallest absolute Gasteiger partial charge is 0.248 e. The van der Waals surface area contributed by atoms with Gasteiger partial charge in [-0.2, -0.15) is 4.98 Å². The van der Waals surface area contributed by atoms with E-state index >= 15 is 0 Å². The van der Waals surface area contributed by atoms with Gasteiger partial charge < -0.3 is 9.84 Å². The molecule has 0 saturated carbocycles. The van der Waals surface area contributed by atoms with Gasteiger partial charge in [0.25, 0.3) is 0 Å². The van der Waals surface area contributed by atoms with Crippen LogP contribution in [-0.2, 0) is 6.42 Å². The average molecular weight is 284 g/mol. The van der Waals surface area contributed by atoms with Crippen LogP contribution in [0.2, 0.25) is 0 Å². The Bertz CT molecular complexity index is 722. The largest absolute Gasteiger partial charge is 0.337 e. The maximum Gasteiger partial charge on any atom is 0.248 e. The summed E-state index contributed by atoms with van der Waals surface area (Å²) in [6.07, 6.45) is 2.78. The highest BCUT2D eigenvalue weighted by atomic mass is 32.1. The molecule has 1 aromatic carbocycles. The van der Waals surface area contributed by atoms with Crippen LogP contribution in [0, 0.1) is 0 Å². The molecule has 0 aliphatic carbocycles. The van der Waals surface area contributed by atoms with Crippen LogP contribution in [0.15, 0.2) is 40.5 Å². The summed E-state index contributed by atoms with van der Waals surface area (Å²) in [4.78, 5) is 9.46. The predicted octanol–water partition coefficient (Wildman–Crippen LogP) is 2.43. The molecule has 1 atom stereocenters. The van der Waals surface area contributed by atoms with Crippen molar-refractivity contribution in [3.05, 3.63) is 53.0 Å². The van der Waals surface area contributed by atoms with Gasteiger partial charge in [-0.3, -0.25) is 4.98 Å². The lowest BCUT2D eigenvalue weighted by Crippen LogP contribution is -2.30. The topological polar surface area (TPSA) is 63.8 Å². The molecule has 0 amide bonds. The average Bonchev–Trinajstić information content (AvgIpc) is 3.17. The zero-order chi connectivity index (χ0) is 13.4. The zero-order valence-electron chi connectivity index (χ0n) is 10.6. The number of hydrogen-bond donors (Lipinski definition) is 1. The van der Waals surface area contributed by atoms with E-state index in [2.05, 4.69) is 38.6 Å². The first-order chi connectivity index (χ1) is 9.92. The molecule has 0 saturated heterocycles. The molecule has 3 aromatic rings. The summed E-state index contributed by atoms with van der Waals surface area (Å²) < 4.78 is 5.44. The lowest BCUT2D eigenvalue weighted by molar-refractivity contribution is 0.344. The van der Waals surface area contributed by atoms with Crippen molar-refractivity contribution >= 4 is 11.3 Å². The number of hydrogen-bond acceptors (Lipinski definition) is 6. The van der Waals surface area contributed by atoms with Gasteiger partial charge in [0.15, 0.2) is 0 Å². The highest BCUT2D eigenvalue weighted by Gasteiger charge is 2.26. The number of nitrogens with zero attached hydrogens (tertiary/aromatic N) is 3. The quantitative estimate of drug-likeness (QED) is 0.783. The van der Waals surface area contributed by atoms with E-state index in [9.17, 15) is 0 Å². The third kappa shape index (κ3) is 1.93. The lowest BCUT2D eigenvalue weighted by Gasteiger charge is -2.23. The number of nitrogens with one attached hydrogen (secondary N) is 1. The molecule has 0 spiro atoms. The lowest BCUT2D eigenvalue weighted by atomic mass is 9.94. The van der Waals surface area contributed by atoms with Crippen LogP contribution >= 0.6 is 11.3 Å². The van der Waals surface area contributed by atoms with Crippen LogP contribution in [0.1, 0.15) is 23.1 Å². The van der Waals surface area contributed by atoms with Gasteiger partial charge in [0.2, 0.25) is 11.7 Å². The number of aromatic nitrogens is 3. The first-order valence-corrected chi connectivity index (χ1v) is 7.33. The Hall–Kier alpha value is -2.05. The van der Waals surface area contributed by atoms with E-state index in [-0.39, 0.29) is 6.04 Å². The van der Waals surface area contributed by atoms with Crippen molar-refractivity contribution in [2.24, 2.45) is 0 Å². The summed E-state index contributed by atoms with van der Waals surface area (Å²) in [7, 11) is 0. The van der Waals surface area contributed by atoms with Crippen LogP contribution in [0.25, 0.3) is 10.7 Å². The van der Waals surface area contributed by atoms with E-state index in [1.807, 2.05) is 6.07 Å². The molecule has 1 unspecified atom stereocenters. The molecule has 1 aliphatic heterocycles. The highest BCUT2D eigenvalue weighted by molar-refractivity contribution is 7.13. The van der Waals surface area contributed by atoms with E-state index < -0.39 is 0 Å². The number of benzene rings is 1. The molecule has 0 bridgehead atoms. The fourth-order valence-corrected chi connectivity index (χ4v) is 3.05. The van der Waals surface area contributed by atoms with E-state index in [1.165, 1.54) is 22.5 Å². The van der Waals surface area contributed by atoms with Crippen molar-refractivity contribution in [1.82, 2.24) is 20.4 Å². The summed E-state index contributed by atoms with van der Waals surface area (Å²) >= 11 is 1.51. The first kappa shape index (κ1) is 11.7. The minimum absolute atomic E-state index is 0.0193. The van der Waals surface area contributed by atoms with Crippen LogP contribution < -0.4 is 5.32 Å². The third-order valence-electron chi connectivity index (χ3n) is 3.45. The first-order valence-electron chi connectivity index (χ1n) is 6.45. The summed E-state index contributed by atoms with van der Waals surface area (Å²) in [6.45, 7) is 0.917. The van der Waals surface area contributed by atoms with Crippen LogP contribution in [-0.4, -0.2) is 21.7 Å². The molecule has 0 fully saturated rings. The molecule has 20 heavy (non-hydrogen) atoms. The number of thiazole rings is 1. The second kappa shape index (κ2) is 4.81. The minimum atomic E-state index is -0.0193. The van der Waals surface area contributed by atoms with E-state index in [0.717, 1.165) is 17.8 Å². The zero-order valence-corrected chi connectivity index (χ0v) is 11.4.